The molecule has 4 N–H and O–H groups in total. The molecule has 0 radical (unpaired) electrons. The average molecular weight is 213 g/mol. The first-order chi connectivity index (χ1) is 6.59. The Morgan fingerprint density at radius 2 is 2.36 bits per heavy atom. The Hall–Kier alpha value is -1.62. The molecule has 0 spiro atoms. The largest absolute Gasteiger partial charge is 0.382 e. The normalized spacial score (nSPS) is 10.6. The highest BCUT2D eigenvalue weighted by molar-refractivity contribution is 6.30. The molecule has 0 atom stereocenters. The molecule has 0 unspecified atom stereocenters. The fourth-order valence-corrected chi connectivity index (χ4v) is 0.996. The fourth-order valence-electron chi connectivity index (χ4n) is 0.787. The van der Waals surface area contributed by atoms with Gasteiger partial charge in [-0.15, -0.1) is 0 Å². The molecule has 1 rings (SSSR count). The first-order valence-electron chi connectivity index (χ1n) is 3.82. The Bertz CT molecular complexity index is 378. The number of nitrogens with zero attached hydrogens (tertiary/aromatic N) is 2. The number of nitrogens with two attached hydrogens (primary N) is 2. The van der Waals surface area contributed by atoms with Crippen molar-refractivity contribution in [2.24, 2.45) is 5.73 Å². The summed E-state index contributed by atoms with van der Waals surface area (Å²) in [5.41, 5.74) is 10.7. The van der Waals surface area contributed by atoms with Crippen LogP contribution in [0.2, 0.25) is 5.15 Å². The lowest BCUT2D eigenvalue weighted by atomic mass is 10.3. The molecule has 0 aliphatic rings. The first-order valence-corrected chi connectivity index (χ1v) is 4.20. The lowest BCUT2D eigenvalue weighted by molar-refractivity contribution is -0.117. The van der Waals surface area contributed by atoms with Gasteiger partial charge >= 0.3 is 0 Å². The summed E-state index contributed by atoms with van der Waals surface area (Å²) in [6, 6.07) is 0. The van der Waals surface area contributed by atoms with Crippen LogP contribution in [0.1, 0.15) is 12.1 Å². The molecule has 1 heterocycles. The molecule has 0 aliphatic carbocycles. The van der Waals surface area contributed by atoms with E-state index in [1.54, 1.807) is 12.2 Å². The van der Waals surface area contributed by atoms with Crippen molar-refractivity contribution >= 4 is 29.4 Å². The van der Waals surface area contributed by atoms with Crippen molar-refractivity contribution in [3.05, 3.63) is 23.1 Å². The smallest absolute Gasteiger partial charge is 0.221 e. The maximum Gasteiger partial charge on any atom is 0.221 e. The fraction of sp³-hybridized carbons (Fsp3) is 0.125. The highest BCUT2D eigenvalue weighted by Gasteiger charge is 1.99. The van der Waals surface area contributed by atoms with Gasteiger partial charge in [0.05, 0.1) is 6.20 Å². The molecule has 0 aliphatic heterocycles. The number of nitrogen functional groups attached to an aromatic ring is 1. The number of rotatable bonds is 3. The highest BCUT2D eigenvalue weighted by atomic mass is 35.5. The van der Waals surface area contributed by atoms with E-state index in [0.29, 0.717) is 5.69 Å². The Balaban J connectivity index is 2.76. The lowest BCUT2D eigenvalue weighted by Crippen LogP contribution is -2.07. The molecule has 0 saturated heterocycles. The number of halogens is 1. The predicted octanol–water partition coefficient (Wildman–Crippen LogP) is 0.601. The van der Waals surface area contributed by atoms with Gasteiger partial charge in [-0.2, -0.15) is 0 Å². The maximum atomic E-state index is 10.4. The summed E-state index contributed by atoms with van der Waals surface area (Å²) in [5, 5.41) is 0.200. The van der Waals surface area contributed by atoms with E-state index in [4.69, 9.17) is 23.1 Å². The van der Waals surface area contributed by atoms with Gasteiger partial charge < -0.3 is 11.5 Å². The summed E-state index contributed by atoms with van der Waals surface area (Å²) in [5.74, 6) is -0.164. The minimum Gasteiger partial charge on any atom is -0.382 e. The van der Waals surface area contributed by atoms with Crippen molar-refractivity contribution in [3.63, 3.8) is 0 Å². The summed E-state index contributed by atoms with van der Waals surface area (Å²) in [7, 11) is 0. The molecule has 0 bridgehead atoms. The molecule has 5 nitrogen and oxygen atoms in total. The number of primary amides is 1. The van der Waals surface area contributed by atoms with Gasteiger partial charge in [-0.05, 0) is 6.08 Å². The molecular weight excluding hydrogens is 204 g/mol. The van der Waals surface area contributed by atoms with Gasteiger partial charge in [0.1, 0.15) is 11.5 Å². The molecule has 1 amide bonds. The third-order valence-electron chi connectivity index (χ3n) is 1.37. The van der Waals surface area contributed by atoms with Crippen LogP contribution in [0.3, 0.4) is 0 Å². The topological polar surface area (TPSA) is 94.9 Å². The number of carbonyl (C=O) groups is 1. The Morgan fingerprint density at radius 1 is 1.64 bits per heavy atom. The van der Waals surface area contributed by atoms with Gasteiger partial charge in [-0.25, -0.2) is 9.97 Å². The highest BCUT2D eigenvalue weighted by Crippen LogP contribution is 2.13. The Kier molecular flexibility index (Phi) is 3.41. The molecule has 0 saturated carbocycles. The van der Waals surface area contributed by atoms with Crippen LogP contribution in [0.4, 0.5) is 5.82 Å². The summed E-state index contributed by atoms with van der Waals surface area (Å²) < 4.78 is 0. The third-order valence-corrected chi connectivity index (χ3v) is 1.65. The second-order valence-electron chi connectivity index (χ2n) is 2.54. The van der Waals surface area contributed by atoms with E-state index in [1.165, 1.54) is 6.20 Å². The van der Waals surface area contributed by atoms with E-state index in [1.807, 2.05) is 0 Å². The van der Waals surface area contributed by atoms with E-state index in [-0.39, 0.29) is 17.4 Å². The molecule has 0 fully saturated rings. The van der Waals surface area contributed by atoms with Gasteiger partial charge in [0.2, 0.25) is 5.91 Å². The predicted molar refractivity (Wildman–Crippen MR) is 54.3 cm³/mol. The van der Waals surface area contributed by atoms with Gasteiger partial charge in [-0.3, -0.25) is 4.79 Å². The molecular formula is C8H9ClN4O. The molecule has 0 aromatic carbocycles. The van der Waals surface area contributed by atoms with Crippen LogP contribution in [-0.2, 0) is 4.79 Å². The first kappa shape index (κ1) is 10.5. The summed E-state index contributed by atoms with van der Waals surface area (Å²) >= 11 is 5.72. The van der Waals surface area contributed by atoms with Crippen LogP contribution in [0.5, 0.6) is 0 Å². The average Bonchev–Trinajstić information content (AvgIpc) is 2.08. The minimum absolute atomic E-state index is 0.141. The Morgan fingerprint density at radius 3 is 2.93 bits per heavy atom. The quantitative estimate of drug-likeness (QED) is 0.767. The second-order valence-corrected chi connectivity index (χ2v) is 2.90. The second kappa shape index (κ2) is 4.57. The van der Waals surface area contributed by atoms with Crippen molar-refractivity contribution in [3.8, 4) is 0 Å². The van der Waals surface area contributed by atoms with Gasteiger partial charge in [0, 0.05) is 6.42 Å². The van der Waals surface area contributed by atoms with Crippen LogP contribution in [0.15, 0.2) is 12.3 Å². The van der Waals surface area contributed by atoms with Crippen molar-refractivity contribution in [1.29, 1.82) is 0 Å². The molecule has 1 aromatic rings. The summed E-state index contributed by atoms with van der Waals surface area (Å²) in [6.45, 7) is 0. The number of carbonyl (C=O) groups excluding carboxylic acids is 1. The number of hydrogen-bond acceptors (Lipinski definition) is 4. The zero-order valence-electron chi connectivity index (χ0n) is 7.27. The van der Waals surface area contributed by atoms with Crippen molar-refractivity contribution in [2.75, 3.05) is 5.73 Å². The van der Waals surface area contributed by atoms with E-state index >= 15 is 0 Å². The van der Waals surface area contributed by atoms with E-state index in [2.05, 4.69) is 9.97 Å². The molecule has 14 heavy (non-hydrogen) atoms. The molecule has 74 valence electrons. The van der Waals surface area contributed by atoms with Crippen molar-refractivity contribution in [2.45, 2.75) is 6.42 Å². The minimum atomic E-state index is -0.416. The van der Waals surface area contributed by atoms with Crippen LogP contribution >= 0.6 is 11.6 Å². The monoisotopic (exact) mass is 212 g/mol. The van der Waals surface area contributed by atoms with Crippen LogP contribution in [-0.4, -0.2) is 15.9 Å². The maximum absolute atomic E-state index is 10.4. The van der Waals surface area contributed by atoms with Gasteiger partial charge in [0.15, 0.2) is 5.15 Å². The zero-order chi connectivity index (χ0) is 10.6. The summed E-state index contributed by atoms with van der Waals surface area (Å²) in [4.78, 5) is 18.1. The zero-order valence-corrected chi connectivity index (χ0v) is 8.03. The van der Waals surface area contributed by atoms with E-state index in [0.717, 1.165) is 0 Å². The van der Waals surface area contributed by atoms with E-state index in [9.17, 15) is 4.79 Å². The van der Waals surface area contributed by atoms with Crippen molar-refractivity contribution in [1.82, 2.24) is 9.97 Å². The van der Waals surface area contributed by atoms with Crippen LogP contribution < -0.4 is 11.5 Å². The van der Waals surface area contributed by atoms with Crippen LogP contribution in [0, 0.1) is 0 Å². The number of aromatic nitrogens is 2. The van der Waals surface area contributed by atoms with Gasteiger partial charge in [-0.1, -0.05) is 17.7 Å². The lowest BCUT2D eigenvalue weighted by Gasteiger charge is -1.96. The number of hydrogen-bond donors (Lipinski definition) is 2. The third kappa shape index (κ3) is 3.02. The SMILES string of the molecule is NC(=O)CC=Cc1ncc(N)nc1Cl. The standard InChI is InChI=1S/C8H9ClN4O/c9-8-5(2-1-3-7(11)14)12-4-6(10)13-8/h1-2,4H,3H2,(H2,10,13)(H2,11,14). The number of anilines is 1. The van der Waals surface area contributed by atoms with Crippen LogP contribution in [0.25, 0.3) is 6.08 Å². The van der Waals surface area contributed by atoms with E-state index < -0.39 is 5.91 Å². The van der Waals surface area contributed by atoms with Crippen molar-refractivity contribution < 1.29 is 4.79 Å². The summed E-state index contributed by atoms with van der Waals surface area (Å²) in [6.07, 6.45) is 4.66. The Labute approximate surface area is 85.8 Å². The van der Waals surface area contributed by atoms with Gasteiger partial charge in [0.25, 0.3) is 0 Å². The number of amides is 1. The molecule has 6 heteroatoms. The molecule has 1 aromatic heterocycles.